The Bertz CT molecular complexity index is 442. The molecule has 0 aromatic heterocycles. The number of aliphatic carboxylic acids is 1. The van der Waals surface area contributed by atoms with Crippen molar-refractivity contribution in [2.75, 3.05) is 13.6 Å². The van der Waals surface area contributed by atoms with Gasteiger partial charge in [-0.15, -0.1) is 0 Å². The summed E-state index contributed by atoms with van der Waals surface area (Å²) >= 11 is 0. The summed E-state index contributed by atoms with van der Waals surface area (Å²) in [5, 5.41) is 8.55. The lowest BCUT2D eigenvalue weighted by Gasteiger charge is -2.15. The largest absolute Gasteiger partial charge is 0.480 e. The molecule has 1 amide bonds. The van der Waals surface area contributed by atoms with Crippen LogP contribution in [-0.2, 0) is 4.79 Å². The highest BCUT2D eigenvalue weighted by molar-refractivity contribution is 5.77. The van der Waals surface area contributed by atoms with Gasteiger partial charge in [0.2, 0.25) is 0 Å². The Hall–Kier alpha value is -2.04. The maximum Gasteiger partial charge on any atom is 0.415 e. The number of ether oxygens (including phenoxy) is 1. The number of carbonyl (C=O) groups is 2. The van der Waals surface area contributed by atoms with Gasteiger partial charge in [0.25, 0.3) is 0 Å². The highest BCUT2D eigenvalue weighted by Crippen LogP contribution is 2.21. The molecule has 0 atom stereocenters. The molecule has 0 radical (unpaired) electrons. The number of hydrogen-bond acceptors (Lipinski definition) is 3. The van der Waals surface area contributed by atoms with Gasteiger partial charge >= 0.3 is 12.1 Å². The molecule has 17 heavy (non-hydrogen) atoms. The van der Waals surface area contributed by atoms with E-state index in [4.69, 9.17) is 9.84 Å². The van der Waals surface area contributed by atoms with Crippen LogP contribution < -0.4 is 4.74 Å². The second-order valence-electron chi connectivity index (χ2n) is 3.82. The van der Waals surface area contributed by atoms with Gasteiger partial charge in [-0.1, -0.05) is 12.1 Å². The lowest BCUT2D eigenvalue weighted by molar-refractivity contribution is -0.137. The van der Waals surface area contributed by atoms with Gasteiger partial charge in [-0.3, -0.25) is 9.69 Å². The van der Waals surface area contributed by atoms with E-state index in [2.05, 4.69) is 0 Å². The second kappa shape index (κ2) is 5.34. The van der Waals surface area contributed by atoms with Gasteiger partial charge in [-0.2, -0.15) is 0 Å². The Morgan fingerprint density at radius 3 is 2.59 bits per heavy atom. The zero-order valence-electron chi connectivity index (χ0n) is 10.1. The van der Waals surface area contributed by atoms with E-state index in [1.807, 2.05) is 19.9 Å². The number of carboxylic acids is 1. The molecule has 0 saturated heterocycles. The molecule has 1 aromatic carbocycles. The standard InChI is InChI=1S/C12H15NO4/c1-8-5-4-6-10(9(8)2)17-12(16)13(3)7-11(14)15/h4-6H,7H2,1-3H3,(H,14,15). The maximum atomic E-state index is 11.6. The van der Waals surface area contributed by atoms with E-state index in [1.54, 1.807) is 12.1 Å². The van der Waals surface area contributed by atoms with Gasteiger partial charge in [0.1, 0.15) is 12.3 Å². The molecule has 1 N–H and O–H groups in total. The maximum absolute atomic E-state index is 11.6. The van der Waals surface area contributed by atoms with Crippen LogP contribution in [-0.4, -0.2) is 35.7 Å². The van der Waals surface area contributed by atoms with Gasteiger partial charge in [0.15, 0.2) is 0 Å². The number of likely N-dealkylation sites (N-methyl/N-ethyl adjacent to an activating group) is 1. The molecule has 0 saturated carbocycles. The fraction of sp³-hybridized carbons (Fsp3) is 0.333. The van der Waals surface area contributed by atoms with Crippen LogP contribution >= 0.6 is 0 Å². The monoisotopic (exact) mass is 237 g/mol. The van der Waals surface area contributed by atoms with Crippen molar-refractivity contribution in [3.63, 3.8) is 0 Å². The van der Waals surface area contributed by atoms with Crippen molar-refractivity contribution in [3.8, 4) is 5.75 Å². The Kier molecular flexibility index (Phi) is 4.09. The first-order valence-corrected chi connectivity index (χ1v) is 5.12. The Morgan fingerprint density at radius 1 is 1.35 bits per heavy atom. The van der Waals surface area contributed by atoms with E-state index >= 15 is 0 Å². The summed E-state index contributed by atoms with van der Waals surface area (Å²) < 4.78 is 5.11. The first-order valence-electron chi connectivity index (χ1n) is 5.12. The Morgan fingerprint density at radius 2 is 2.00 bits per heavy atom. The fourth-order valence-electron chi connectivity index (χ4n) is 1.27. The normalized spacial score (nSPS) is 9.82. The molecule has 0 spiro atoms. The van der Waals surface area contributed by atoms with Crippen molar-refractivity contribution in [2.45, 2.75) is 13.8 Å². The highest BCUT2D eigenvalue weighted by atomic mass is 16.6. The molecule has 1 aromatic rings. The zero-order chi connectivity index (χ0) is 13.0. The summed E-state index contributed by atoms with van der Waals surface area (Å²) in [6.45, 7) is 3.37. The van der Waals surface area contributed by atoms with Crippen LogP contribution in [0.15, 0.2) is 18.2 Å². The third-order valence-corrected chi connectivity index (χ3v) is 2.44. The predicted molar refractivity (Wildman–Crippen MR) is 62.2 cm³/mol. The molecule has 0 unspecified atom stereocenters. The molecule has 0 fully saturated rings. The van der Waals surface area contributed by atoms with Crippen LogP contribution in [0.5, 0.6) is 5.75 Å². The molecule has 0 bridgehead atoms. The van der Waals surface area contributed by atoms with E-state index < -0.39 is 12.1 Å². The highest BCUT2D eigenvalue weighted by Gasteiger charge is 2.15. The number of hydrogen-bond donors (Lipinski definition) is 1. The molecule has 0 aliphatic carbocycles. The van der Waals surface area contributed by atoms with Crippen molar-refractivity contribution in [1.29, 1.82) is 0 Å². The summed E-state index contributed by atoms with van der Waals surface area (Å²) in [5.74, 6) is -0.627. The van der Waals surface area contributed by atoms with E-state index in [0.717, 1.165) is 16.0 Å². The Balaban J connectivity index is 2.74. The average Bonchev–Trinajstić information content (AvgIpc) is 2.23. The van der Waals surface area contributed by atoms with E-state index in [-0.39, 0.29) is 6.54 Å². The molecule has 5 nitrogen and oxygen atoms in total. The van der Waals surface area contributed by atoms with Gasteiger partial charge in [-0.25, -0.2) is 4.79 Å². The van der Waals surface area contributed by atoms with Crippen molar-refractivity contribution in [2.24, 2.45) is 0 Å². The van der Waals surface area contributed by atoms with Crippen LogP contribution in [0.25, 0.3) is 0 Å². The summed E-state index contributed by atoms with van der Waals surface area (Å²) in [4.78, 5) is 23.0. The summed E-state index contributed by atoms with van der Waals surface area (Å²) in [6, 6.07) is 5.37. The first kappa shape index (κ1) is 13.0. The summed E-state index contributed by atoms with van der Waals surface area (Å²) in [6.07, 6.45) is -0.680. The molecular weight excluding hydrogens is 222 g/mol. The number of carbonyl (C=O) groups excluding carboxylic acids is 1. The van der Waals surface area contributed by atoms with Crippen LogP contribution in [0.1, 0.15) is 11.1 Å². The molecule has 0 aliphatic heterocycles. The Labute approximate surface area is 99.6 Å². The van der Waals surface area contributed by atoms with Crippen LogP contribution in [0.2, 0.25) is 0 Å². The van der Waals surface area contributed by atoms with Crippen LogP contribution in [0.3, 0.4) is 0 Å². The van der Waals surface area contributed by atoms with Crippen molar-refractivity contribution in [3.05, 3.63) is 29.3 Å². The number of nitrogens with zero attached hydrogens (tertiary/aromatic N) is 1. The minimum Gasteiger partial charge on any atom is -0.480 e. The lowest BCUT2D eigenvalue weighted by atomic mass is 10.1. The fourth-order valence-corrected chi connectivity index (χ4v) is 1.27. The van der Waals surface area contributed by atoms with Crippen LogP contribution in [0, 0.1) is 13.8 Å². The SMILES string of the molecule is Cc1cccc(OC(=O)N(C)CC(=O)O)c1C. The number of benzene rings is 1. The third-order valence-electron chi connectivity index (χ3n) is 2.44. The quantitative estimate of drug-likeness (QED) is 0.870. The number of rotatable bonds is 3. The van der Waals surface area contributed by atoms with Gasteiger partial charge in [0.05, 0.1) is 0 Å². The first-order chi connectivity index (χ1) is 7.91. The van der Waals surface area contributed by atoms with Gasteiger partial charge in [0, 0.05) is 7.05 Å². The minimum atomic E-state index is -1.08. The zero-order valence-corrected chi connectivity index (χ0v) is 10.1. The van der Waals surface area contributed by atoms with Gasteiger partial charge in [-0.05, 0) is 31.0 Å². The van der Waals surface area contributed by atoms with E-state index in [1.165, 1.54) is 7.05 Å². The van der Waals surface area contributed by atoms with Crippen molar-refractivity contribution >= 4 is 12.1 Å². The third kappa shape index (κ3) is 3.48. The number of amides is 1. The smallest absolute Gasteiger partial charge is 0.415 e. The topological polar surface area (TPSA) is 66.8 Å². The van der Waals surface area contributed by atoms with Gasteiger partial charge < -0.3 is 9.84 Å². The number of carboxylic acid groups (broad SMARTS) is 1. The molecule has 5 heteroatoms. The summed E-state index contributed by atoms with van der Waals surface area (Å²) in [7, 11) is 1.38. The predicted octanol–water partition coefficient (Wildman–Crippen LogP) is 1.82. The molecule has 0 aliphatic rings. The second-order valence-corrected chi connectivity index (χ2v) is 3.82. The minimum absolute atomic E-state index is 0.385. The molecule has 1 rings (SSSR count). The lowest BCUT2D eigenvalue weighted by Crippen LogP contribution is -2.34. The summed E-state index contributed by atoms with van der Waals surface area (Å²) in [5.41, 5.74) is 1.88. The van der Waals surface area contributed by atoms with Crippen molar-refractivity contribution < 1.29 is 19.4 Å². The number of aryl methyl sites for hydroxylation is 1. The molecule has 0 heterocycles. The molecular formula is C12H15NO4. The average molecular weight is 237 g/mol. The van der Waals surface area contributed by atoms with E-state index in [9.17, 15) is 9.59 Å². The van der Waals surface area contributed by atoms with Crippen LogP contribution in [0.4, 0.5) is 4.79 Å². The van der Waals surface area contributed by atoms with Crippen molar-refractivity contribution in [1.82, 2.24) is 4.90 Å². The van der Waals surface area contributed by atoms with E-state index in [0.29, 0.717) is 5.75 Å². The molecule has 92 valence electrons.